The summed E-state index contributed by atoms with van der Waals surface area (Å²) in [6.45, 7) is 2.05. The lowest BCUT2D eigenvalue weighted by Gasteiger charge is -2.23. The van der Waals surface area contributed by atoms with Gasteiger partial charge < -0.3 is 10.2 Å². The molecule has 0 atom stereocenters. The van der Waals surface area contributed by atoms with Crippen LogP contribution in [0.3, 0.4) is 0 Å². The zero-order chi connectivity index (χ0) is 14.8. The van der Waals surface area contributed by atoms with Gasteiger partial charge in [0.2, 0.25) is 0 Å². The predicted molar refractivity (Wildman–Crippen MR) is 83.9 cm³/mol. The number of amides is 1. The Morgan fingerprint density at radius 3 is 2.86 bits per heavy atom. The number of hydrogen-bond acceptors (Lipinski definition) is 2. The van der Waals surface area contributed by atoms with E-state index in [1.165, 1.54) is 18.2 Å². The summed E-state index contributed by atoms with van der Waals surface area (Å²) in [4.78, 5) is 14.5. The molecule has 0 aliphatic carbocycles. The third-order valence-electron chi connectivity index (χ3n) is 3.52. The monoisotopic (exact) mass is 348 g/mol. The van der Waals surface area contributed by atoms with Crippen molar-refractivity contribution in [3.8, 4) is 0 Å². The van der Waals surface area contributed by atoms with Crippen molar-refractivity contribution in [1.29, 1.82) is 0 Å². The first kappa shape index (κ1) is 14.2. The van der Waals surface area contributed by atoms with Crippen molar-refractivity contribution in [2.45, 2.75) is 6.54 Å². The fourth-order valence-corrected chi connectivity index (χ4v) is 3.00. The lowest BCUT2D eigenvalue weighted by molar-refractivity contribution is 0.0987. The molecular formula is C16H14BrFN2O. The second-order valence-corrected chi connectivity index (χ2v) is 5.74. The predicted octanol–water partition coefficient (Wildman–Crippen LogP) is 3.34. The molecule has 2 aromatic carbocycles. The Morgan fingerprint density at radius 2 is 2.05 bits per heavy atom. The summed E-state index contributed by atoms with van der Waals surface area (Å²) in [5, 5.41) is 3.30. The number of hydrogen-bond donors (Lipinski definition) is 1. The molecular weight excluding hydrogens is 335 g/mol. The first-order valence-electron chi connectivity index (χ1n) is 6.72. The van der Waals surface area contributed by atoms with E-state index in [1.54, 1.807) is 4.90 Å². The Kier molecular flexibility index (Phi) is 4.03. The maximum absolute atomic E-state index is 13.2. The summed E-state index contributed by atoms with van der Waals surface area (Å²) < 4.78 is 13.7. The van der Waals surface area contributed by atoms with Crippen molar-refractivity contribution in [3.05, 3.63) is 63.9 Å². The normalized spacial score (nSPS) is 14.5. The van der Waals surface area contributed by atoms with Gasteiger partial charge in [-0.3, -0.25) is 4.79 Å². The SMILES string of the molecule is O=C(c1ccc(F)cc1Br)N1CCNCc2ccccc21. The highest BCUT2D eigenvalue weighted by Crippen LogP contribution is 2.26. The Balaban J connectivity index is 2.01. The number of benzene rings is 2. The van der Waals surface area contributed by atoms with Gasteiger partial charge in [0.15, 0.2) is 0 Å². The van der Waals surface area contributed by atoms with E-state index in [2.05, 4.69) is 21.2 Å². The Morgan fingerprint density at radius 1 is 1.24 bits per heavy atom. The molecule has 0 saturated heterocycles. The van der Waals surface area contributed by atoms with Crippen LogP contribution in [0, 0.1) is 5.82 Å². The fraction of sp³-hybridized carbons (Fsp3) is 0.188. The van der Waals surface area contributed by atoms with Crippen molar-refractivity contribution in [3.63, 3.8) is 0 Å². The van der Waals surface area contributed by atoms with Gasteiger partial charge in [-0.2, -0.15) is 0 Å². The van der Waals surface area contributed by atoms with Gasteiger partial charge in [0.25, 0.3) is 5.91 Å². The zero-order valence-corrected chi connectivity index (χ0v) is 12.9. The van der Waals surface area contributed by atoms with E-state index in [1.807, 2.05) is 24.3 Å². The van der Waals surface area contributed by atoms with Gasteiger partial charge in [0.05, 0.1) is 5.56 Å². The van der Waals surface area contributed by atoms with Gasteiger partial charge in [0.1, 0.15) is 5.82 Å². The summed E-state index contributed by atoms with van der Waals surface area (Å²) in [6, 6.07) is 12.0. The first-order chi connectivity index (χ1) is 10.2. The van der Waals surface area contributed by atoms with Crippen molar-refractivity contribution in [2.24, 2.45) is 0 Å². The topological polar surface area (TPSA) is 32.3 Å². The van der Waals surface area contributed by atoms with Gasteiger partial charge in [-0.1, -0.05) is 18.2 Å². The molecule has 3 nitrogen and oxygen atoms in total. The molecule has 1 aliphatic rings. The molecule has 0 fully saturated rings. The summed E-state index contributed by atoms with van der Waals surface area (Å²) in [5.74, 6) is -0.491. The highest BCUT2D eigenvalue weighted by atomic mass is 79.9. The molecule has 0 bridgehead atoms. The third kappa shape index (κ3) is 2.84. The Bertz CT molecular complexity index is 690. The van der Waals surface area contributed by atoms with Crippen molar-refractivity contribution >= 4 is 27.5 Å². The second kappa shape index (κ2) is 5.95. The molecule has 0 saturated carbocycles. The number of fused-ring (bicyclic) bond motifs is 1. The molecule has 0 spiro atoms. The average Bonchev–Trinajstić information content (AvgIpc) is 2.69. The number of nitrogens with zero attached hydrogens (tertiary/aromatic N) is 1. The smallest absolute Gasteiger partial charge is 0.259 e. The lowest BCUT2D eigenvalue weighted by atomic mass is 10.1. The molecule has 5 heteroatoms. The van der Waals surface area contributed by atoms with Gasteiger partial charge in [-0.05, 0) is 45.8 Å². The Labute approximate surface area is 130 Å². The average molecular weight is 349 g/mol. The van der Waals surface area contributed by atoms with Crippen LogP contribution < -0.4 is 10.2 Å². The van der Waals surface area contributed by atoms with Gasteiger partial charge in [-0.15, -0.1) is 0 Å². The number of carbonyl (C=O) groups excluding carboxylic acids is 1. The van der Waals surface area contributed by atoms with Gasteiger partial charge in [0, 0.05) is 29.8 Å². The fourth-order valence-electron chi connectivity index (χ4n) is 2.48. The minimum absolute atomic E-state index is 0.127. The van der Waals surface area contributed by atoms with Crippen molar-refractivity contribution in [1.82, 2.24) is 5.32 Å². The quantitative estimate of drug-likeness (QED) is 0.857. The molecule has 21 heavy (non-hydrogen) atoms. The van der Waals surface area contributed by atoms with Crippen LogP contribution in [-0.4, -0.2) is 19.0 Å². The number of nitrogens with one attached hydrogen (secondary N) is 1. The van der Waals surface area contributed by atoms with E-state index in [9.17, 15) is 9.18 Å². The molecule has 1 aliphatic heterocycles. The van der Waals surface area contributed by atoms with Crippen LogP contribution in [0.4, 0.5) is 10.1 Å². The van der Waals surface area contributed by atoms with E-state index in [0.717, 1.165) is 24.3 Å². The van der Waals surface area contributed by atoms with Crippen LogP contribution in [-0.2, 0) is 6.54 Å². The molecule has 0 radical (unpaired) electrons. The van der Waals surface area contributed by atoms with E-state index in [4.69, 9.17) is 0 Å². The van der Waals surface area contributed by atoms with Crippen LogP contribution in [0.2, 0.25) is 0 Å². The number of para-hydroxylation sites is 1. The maximum atomic E-state index is 13.2. The van der Waals surface area contributed by atoms with Crippen LogP contribution in [0.25, 0.3) is 0 Å². The molecule has 108 valence electrons. The van der Waals surface area contributed by atoms with Gasteiger partial charge >= 0.3 is 0 Å². The highest BCUT2D eigenvalue weighted by molar-refractivity contribution is 9.10. The lowest BCUT2D eigenvalue weighted by Crippen LogP contribution is -2.35. The minimum atomic E-state index is -0.364. The summed E-state index contributed by atoms with van der Waals surface area (Å²) >= 11 is 3.27. The molecule has 1 N–H and O–H groups in total. The highest BCUT2D eigenvalue weighted by Gasteiger charge is 2.23. The summed E-state index contributed by atoms with van der Waals surface area (Å²) in [6.07, 6.45) is 0. The van der Waals surface area contributed by atoms with E-state index >= 15 is 0 Å². The van der Waals surface area contributed by atoms with Crippen LogP contribution >= 0.6 is 15.9 Å². The van der Waals surface area contributed by atoms with Crippen LogP contribution in [0.5, 0.6) is 0 Å². The maximum Gasteiger partial charge on any atom is 0.259 e. The molecule has 3 rings (SSSR count). The molecule has 0 aromatic heterocycles. The molecule has 2 aromatic rings. The third-order valence-corrected chi connectivity index (χ3v) is 4.17. The van der Waals surface area contributed by atoms with E-state index in [-0.39, 0.29) is 11.7 Å². The minimum Gasteiger partial charge on any atom is -0.311 e. The Hall–Kier alpha value is -1.72. The first-order valence-corrected chi connectivity index (χ1v) is 7.51. The number of rotatable bonds is 1. The molecule has 1 heterocycles. The van der Waals surface area contributed by atoms with Crippen molar-refractivity contribution in [2.75, 3.05) is 18.0 Å². The van der Waals surface area contributed by atoms with Crippen molar-refractivity contribution < 1.29 is 9.18 Å². The largest absolute Gasteiger partial charge is 0.311 e. The molecule has 1 amide bonds. The zero-order valence-electron chi connectivity index (χ0n) is 11.3. The summed E-state index contributed by atoms with van der Waals surface area (Å²) in [5.41, 5.74) is 2.46. The second-order valence-electron chi connectivity index (χ2n) is 4.89. The summed E-state index contributed by atoms with van der Waals surface area (Å²) in [7, 11) is 0. The number of anilines is 1. The molecule has 0 unspecified atom stereocenters. The van der Waals surface area contributed by atoms with E-state index in [0.29, 0.717) is 16.6 Å². The number of carbonyl (C=O) groups is 1. The van der Waals surface area contributed by atoms with Crippen LogP contribution in [0.1, 0.15) is 15.9 Å². The number of halogens is 2. The van der Waals surface area contributed by atoms with E-state index < -0.39 is 0 Å². The van der Waals surface area contributed by atoms with Crippen LogP contribution in [0.15, 0.2) is 46.9 Å². The standard InChI is InChI=1S/C16H14BrFN2O/c17-14-9-12(18)5-6-13(14)16(21)20-8-7-19-10-11-3-1-2-4-15(11)20/h1-6,9,19H,7-8,10H2. The van der Waals surface area contributed by atoms with Gasteiger partial charge in [-0.25, -0.2) is 4.39 Å².